The van der Waals surface area contributed by atoms with Gasteiger partial charge in [0, 0.05) is 17.7 Å². The normalized spacial score (nSPS) is 11.9. The van der Waals surface area contributed by atoms with E-state index in [1.54, 1.807) is 0 Å². The van der Waals surface area contributed by atoms with Gasteiger partial charge in [-0.3, -0.25) is 4.79 Å². The number of benzene rings is 2. The molecule has 2 rings (SSSR count). The number of halogens is 6. The summed E-state index contributed by atoms with van der Waals surface area (Å²) in [6.45, 7) is 6.74. The zero-order valence-electron chi connectivity index (χ0n) is 21.7. The van der Waals surface area contributed by atoms with Gasteiger partial charge in [-0.1, -0.05) is 46.1 Å². The van der Waals surface area contributed by atoms with E-state index in [-0.39, 0.29) is 48.9 Å². The summed E-state index contributed by atoms with van der Waals surface area (Å²) >= 11 is 0. The van der Waals surface area contributed by atoms with Crippen molar-refractivity contribution in [3.05, 3.63) is 47.0 Å². The molecule has 0 aliphatic carbocycles. The van der Waals surface area contributed by atoms with Gasteiger partial charge in [-0.05, 0) is 40.0 Å². The molecule has 4 nitrogen and oxygen atoms in total. The molecular weight excluding hydrogens is 540 g/mol. The molecule has 1 unspecified atom stereocenters. The molecule has 0 heterocycles. The Bertz CT molecular complexity index is 996. The molecule has 1 atom stereocenters. The van der Waals surface area contributed by atoms with Gasteiger partial charge in [-0.25, -0.2) is 0 Å². The maximum atomic E-state index is 13.7. The third-order valence-corrected chi connectivity index (χ3v) is 6.68. The second-order valence-corrected chi connectivity index (χ2v) is 9.78. The molecule has 0 spiro atoms. The van der Waals surface area contributed by atoms with E-state index in [0.717, 1.165) is 25.7 Å². The van der Waals surface area contributed by atoms with Crippen LogP contribution in [0.4, 0.5) is 26.3 Å². The molecule has 2 aromatic rings. The fourth-order valence-corrected chi connectivity index (χ4v) is 4.59. The van der Waals surface area contributed by atoms with Crippen LogP contribution in [0.1, 0.15) is 80.8 Å². The van der Waals surface area contributed by atoms with Crippen molar-refractivity contribution in [1.29, 1.82) is 0 Å². The van der Waals surface area contributed by atoms with E-state index in [4.69, 9.17) is 14.2 Å². The Morgan fingerprint density at radius 3 is 1.54 bits per heavy atom. The molecule has 0 fully saturated rings. The van der Waals surface area contributed by atoms with Crippen LogP contribution < -0.4 is 19.5 Å². The minimum atomic E-state index is -5.16. The molecule has 0 N–H and O–H groups in total. The summed E-state index contributed by atoms with van der Waals surface area (Å²) in [4.78, 5) is 13.3. The fourth-order valence-electron chi connectivity index (χ4n) is 3.43. The number of ether oxygens (including phenoxy) is 3. The van der Waals surface area contributed by atoms with Crippen molar-refractivity contribution in [2.75, 3.05) is 19.8 Å². The summed E-state index contributed by atoms with van der Waals surface area (Å²) in [7, 11) is -1.12. The average Bonchev–Trinajstić information content (AvgIpc) is 2.84. The molecular formula is C27H34F6LiO4P. The van der Waals surface area contributed by atoms with Gasteiger partial charge in [-0.2, -0.15) is 26.3 Å². The predicted molar refractivity (Wildman–Crippen MR) is 144 cm³/mol. The number of carbonyl (C=O) groups excluding carboxylic acids is 1. The van der Waals surface area contributed by atoms with E-state index in [1.807, 2.05) is 20.8 Å². The molecule has 0 saturated heterocycles. The van der Waals surface area contributed by atoms with Gasteiger partial charge in [0.1, 0.15) is 17.2 Å². The summed E-state index contributed by atoms with van der Waals surface area (Å²) in [5, 5.41) is 0.107. The van der Waals surface area contributed by atoms with E-state index in [1.165, 1.54) is 12.1 Å². The molecule has 214 valence electrons. The van der Waals surface area contributed by atoms with Gasteiger partial charge in [-0.15, -0.1) is 0 Å². The fraction of sp³-hybridized carbons (Fsp3) is 0.519. The molecule has 0 aromatic heterocycles. The average molecular weight is 574 g/mol. The molecule has 0 amide bonds. The van der Waals surface area contributed by atoms with Crippen LogP contribution in [-0.2, 0) is 12.4 Å². The Labute approximate surface area is 239 Å². The molecule has 12 heteroatoms. The van der Waals surface area contributed by atoms with Crippen LogP contribution in [-0.4, -0.2) is 44.2 Å². The number of carbonyl (C=O) groups is 1. The molecule has 0 aliphatic heterocycles. The first-order valence-corrected chi connectivity index (χ1v) is 13.6. The zero-order valence-corrected chi connectivity index (χ0v) is 22.7. The summed E-state index contributed by atoms with van der Waals surface area (Å²) in [6, 6.07) is 4.62. The van der Waals surface area contributed by atoms with E-state index in [0.29, 0.717) is 43.4 Å². The van der Waals surface area contributed by atoms with E-state index >= 15 is 0 Å². The maximum absolute atomic E-state index is 13.7. The van der Waals surface area contributed by atoms with Gasteiger partial charge in [0.25, 0.3) is 0 Å². The summed E-state index contributed by atoms with van der Waals surface area (Å²) in [5.41, 5.74) is -5.99. The van der Waals surface area contributed by atoms with Crippen molar-refractivity contribution >= 4 is 38.3 Å². The summed E-state index contributed by atoms with van der Waals surface area (Å²) in [5.74, 6) is 0.663. The zero-order chi connectivity index (χ0) is 28.3. The molecule has 0 saturated carbocycles. The van der Waals surface area contributed by atoms with Crippen LogP contribution in [0.3, 0.4) is 0 Å². The van der Waals surface area contributed by atoms with Crippen molar-refractivity contribution in [1.82, 2.24) is 0 Å². The van der Waals surface area contributed by atoms with Crippen LogP contribution in [0, 0.1) is 0 Å². The second-order valence-electron chi connectivity index (χ2n) is 8.58. The SMILES string of the molecule is CCCCOc1cc(OCCCC)c(PC(=O)c2c(C(F)(F)F)cccc2C(F)(F)F)c(OCCCC)c1.[LiH]. The monoisotopic (exact) mass is 574 g/mol. The predicted octanol–water partition coefficient (Wildman–Crippen LogP) is 7.76. The van der Waals surface area contributed by atoms with Gasteiger partial charge >= 0.3 is 31.2 Å². The molecule has 0 aliphatic rings. The molecule has 0 radical (unpaired) electrons. The standard InChI is InChI=1S/C27H33F6O4P.Li.H/c1-4-7-13-35-18-16-21(36-14-8-5-2)24(22(17-18)37-15-9-6-3)38-25(34)23-19(26(28,29)30)11-10-12-20(23)27(31,32)33;;/h10-12,16-17,38H,4-9,13-15H2,1-3H3;;. The first-order valence-electron chi connectivity index (χ1n) is 12.6. The van der Waals surface area contributed by atoms with E-state index < -0.39 is 43.1 Å². The number of hydrogen-bond acceptors (Lipinski definition) is 4. The first-order chi connectivity index (χ1) is 17.9. The molecule has 2 aromatic carbocycles. The van der Waals surface area contributed by atoms with Gasteiger partial charge in [0.2, 0.25) is 0 Å². The van der Waals surface area contributed by atoms with Crippen LogP contribution in [0.2, 0.25) is 0 Å². The Balaban J connectivity index is 0.00000760. The van der Waals surface area contributed by atoms with Crippen LogP contribution in [0.5, 0.6) is 17.2 Å². The second kappa shape index (κ2) is 16.4. The van der Waals surface area contributed by atoms with Crippen LogP contribution in [0.15, 0.2) is 30.3 Å². The first kappa shape index (κ1) is 35.1. The Morgan fingerprint density at radius 1 is 0.744 bits per heavy atom. The Kier molecular flexibility index (Phi) is 14.8. The van der Waals surface area contributed by atoms with Crippen LogP contribution in [0.25, 0.3) is 0 Å². The quantitative estimate of drug-likeness (QED) is 0.0945. The van der Waals surface area contributed by atoms with Crippen molar-refractivity contribution in [3.8, 4) is 17.2 Å². The van der Waals surface area contributed by atoms with Gasteiger partial charge in [0.15, 0.2) is 5.52 Å². The van der Waals surface area contributed by atoms with Gasteiger partial charge in [0.05, 0.1) is 36.3 Å². The third-order valence-electron chi connectivity index (χ3n) is 5.46. The Morgan fingerprint density at radius 2 is 1.15 bits per heavy atom. The van der Waals surface area contributed by atoms with Crippen molar-refractivity contribution < 1.29 is 45.3 Å². The Hall–Kier alpha value is -1.88. The number of hydrogen-bond donors (Lipinski definition) is 0. The summed E-state index contributed by atoms with van der Waals surface area (Å²) in [6.07, 6.45) is -5.78. The number of rotatable bonds is 15. The van der Waals surface area contributed by atoms with Crippen LogP contribution >= 0.6 is 8.58 Å². The topological polar surface area (TPSA) is 44.8 Å². The van der Waals surface area contributed by atoms with Gasteiger partial charge < -0.3 is 14.2 Å². The van der Waals surface area contributed by atoms with Crippen molar-refractivity contribution in [3.63, 3.8) is 0 Å². The number of alkyl halides is 6. The van der Waals surface area contributed by atoms with Crippen molar-refractivity contribution in [2.45, 2.75) is 71.6 Å². The molecule has 0 bridgehead atoms. The van der Waals surface area contributed by atoms with E-state index in [2.05, 4.69) is 0 Å². The molecule has 39 heavy (non-hydrogen) atoms. The third kappa shape index (κ3) is 10.6. The van der Waals surface area contributed by atoms with E-state index in [9.17, 15) is 31.1 Å². The van der Waals surface area contributed by atoms with Crippen molar-refractivity contribution in [2.24, 2.45) is 0 Å². The number of unbranched alkanes of at least 4 members (excludes halogenated alkanes) is 3. The minimum absolute atomic E-state index is 0. The summed E-state index contributed by atoms with van der Waals surface area (Å²) < 4.78 is 99.7.